The first kappa shape index (κ1) is 13.4. The highest BCUT2D eigenvalue weighted by atomic mass is 32.1. The van der Waals surface area contributed by atoms with Gasteiger partial charge in [0.1, 0.15) is 16.5 Å². The van der Waals surface area contributed by atoms with Crippen molar-refractivity contribution >= 4 is 22.9 Å². The van der Waals surface area contributed by atoms with Crippen LogP contribution in [0.2, 0.25) is 0 Å². The molecule has 1 aromatic carbocycles. The van der Waals surface area contributed by atoms with Crippen LogP contribution in [0.4, 0.5) is 5.69 Å². The zero-order valence-corrected chi connectivity index (χ0v) is 11.6. The Labute approximate surface area is 116 Å². The van der Waals surface area contributed by atoms with E-state index >= 15 is 0 Å². The third-order valence-electron chi connectivity index (χ3n) is 2.59. The zero-order chi connectivity index (χ0) is 13.8. The number of nitrogens with two attached hydrogens (primary N) is 1. The molecule has 0 saturated heterocycles. The summed E-state index contributed by atoms with van der Waals surface area (Å²) in [5.41, 5.74) is 7.25. The Morgan fingerprint density at radius 1 is 1.53 bits per heavy atom. The maximum Gasteiger partial charge on any atom is 0.213 e. The second kappa shape index (κ2) is 5.71. The Morgan fingerprint density at radius 3 is 2.89 bits per heavy atom. The topological polar surface area (TPSA) is 73.3 Å². The number of hydrogen-bond donors (Lipinski definition) is 2. The quantitative estimate of drug-likeness (QED) is 0.817. The smallest absolute Gasteiger partial charge is 0.213 e. The number of anilines is 1. The van der Waals surface area contributed by atoms with Gasteiger partial charge in [-0.15, -0.1) is 0 Å². The number of nitrogens with one attached hydrogen (secondary N) is 1. The summed E-state index contributed by atoms with van der Waals surface area (Å²) in [5, 5.41) is 3.20. The van der Waals surface area contributed by atoms with Gasteiger partial charge in [0.2, 0.25) is 5.89 Å². The average molecular weight is 277 g/mol. The first-order chi connectivity index (χ1) is 9.10. The highest BCUT2D eigenvalue weighted by molar-refractivity contribution is 7.80. The van der Waals surface area contributed by atoms with Gasteiger partial charge < -0.3 is 20.2 Å². The minimum atomic E-state index is 0.328. The van der Waals surface area contributed by atoms with E-state index in [1.165, 1.54) is 0 Å². The lowest BCUT2D eigenvalue weighted by Crippen LogP contribution is -2.13. The van der Waals surface area contributed by atoms with Crippen LogP contribution in [0.1, 0.15) is 17.2 Å². The normalized spacial score (nSPS) is 10.2. The SMILES string of the molecule is COc1ccc(C(N)=S)c(NCc2ncc(C)o2)c1. The van der Waals surface area contributed by atoms with Crippen molar-refractivity contribution in [1.82, 2.24) is 4.98 Å². The van der Waals surface area contributed by atoms with Crippen molar-refractivity contribution in [3.63, 3.8) is 0 Å². The molecule has 0 fully saturated rings. The van der Waals surface area contributed by atoms with Gasteiger partial charge in [0, 0.05) is 17.3 Å². The maximum absolute atomic E-state index is 5.69. The Kier molecular flexibility index (Phi) is 4.01. The highest BCUT2D eigenvalue weighted by Gasteiger charge is 2.08. The van der Waals surface area contributed by atoms with Crippen molar-refractivity contribution in [3.05, 3.63) is 41.6 Å². The van der Waals surface area contributed by atoms with Crippen molar-refractivity contribution in [1.29, 1.82) is 0 Å². The molecule has 0 amide bonds. The van der Waals surface area contributed by atoms with Crippen molar-refractivity contribution in [2.24, 2.45) is 5.73 Å². The van der Waals surface area contributed by atoms with E-state index in [1.807, 2.05) is 25.1 Å². The lowest BCUT2D eigenvalue weighted by molar-refractivity contribution is 0.415. The summed E-state index contributed by atoms with van der Waals surface area (Å²) in [7, 11) is 1.61. The standard InChI is InChI=1S/C13H15N3O2S/c1-8-6-16-12(18-8)7-15-11-5-9(17-2)3-4-10(11)13(14)19/h3-6,15H,7H2,1-2H3,(H2,14,19). The molecule has 0 aliphatic carbocycles. The molecule has 0 saturated carbocycles. The van der Waals surface area contributed by atoms with Crippen LogP contribution in [0.3, 0.4) is 0 Å². The van der Waals surface area contributed by atoms with Gasteiger partial charge in [-0.3, -0.25) is 0 Å². The molecule has 0 aliphatic heterocycles. The minimum Gasteiger partial charge on any atom is -0.497 e. The van der Waals surface area contributed by atoms with E-state index in [2.05, 4.69) is 10.3 Å². The lowest BCUT2D eigenvalue weighted by atomic mass is 10.1. The molecular weight excluding hydrogens is 262 g/mol. The molecule has 2 rings (SSSR count). The van der Waals surface area contributed by atoms with E-state index < -0.39 is 0 Å². The zero-order valence-electron chi connectivity index (χ0n) is 10.8. The number of aromatic nitrogens is 1. The van der Waals surface area contributed by atoms with Gasteiger partial charge in [-0.1, -0.05) is 12.2 Å². The summed E-state index contributed by atoms with van der Waals surface area (Å²) in [6, 6.07) is 5.48. The summed E-state index contributed by atoms with van der Waals surface area (Å²) in [6.07, 6.45) is 1.68. The number of hydrogen-bond acceptors (Lipinski definition) is 5. The fraction of sp³-hybridized carbons (Fsp3) is 0.231. The van der Waals surface area contributed by atoms with E-state index in [0.717, 1.165) is 22.8 Å². The van der Waals surface area contributed by atoms with Gasteiger partial charge in [0.05, 0.1) is 19.9 Å². The summed E-state index contributed by atoms with van der Waals surface area (Å²) < 4.78 is 10.6. The van der Waals surface area contributed by atoms with Crippen LogP contribution < -0.4 is 15.8 Å². The molecule has 1 heterocycles. The summed E-state index contributed by atoms with van der Waals surface area (Å²) in [6.45, 7) is 2.30. The molecule has 5 nitrogen and oxygen atoms in total. The minimum absolute atomic E-state index is 0.328. The number of nitrogens with zero attached hydrogens (tertiary/aromatic N) is 1. The summed E-state index contributed by atoms with van der Waals surface area (Å²) >= 11 is 5.02. The first-order valence-electron chi connectivity index (χ1n) is 5.73. The van der Waals surface area contributed by atoms with Crippen LogP contribution in [0.5, 0.6) is 5.75 Å². The maximum atomic E-state index is 5.69. The molecule has 6 heteroatoms. The van der Waals surface area contributed by atoms with Gasteiger partial charge in [0.15, 0.2) is 0 Å². The molecule has 0 atom stereocenters. The molecule has 100 valence electrons. The Bertz CT molecular complexity index is 595. The third-order valence-corrected chi connectivity index (χ3v) is 2.81. The molecule has 0 spiro atoms. The van der Waals surface area contributed by atoms with E-state index in [-0.39, 0.29) is 0 Å². The molecule has 3 N–H and O–H groups in total. The van der Waals surface area contributed by atoms with Gasteiger partial charge in [-0.05, 0) is 19.1 Å². The van der Waals surface area contributed by atoms with Crippen molar-refractivity contribution in [2.45, 2.75) is 13.5 Å². The van der Waals surface area contributed by atoms with Crippen LogP contribution >= 0.6 is 12.2 Å². The second-order valence-corrected chi connectivity index (χ2v) is 4.43. The second-order valence-electron chi connectivity index (χ2n) is 3.99. The van der Waals surface area contributed by atoms with Crippen molar-refractivity contribution in [3.8, 4) is 5.75 Å². The fourth-order valence-corrected chi connectivity index (χ4v) is 1.84. The van der Waals surface area contributed by atoms with E-state index in [0.29, 0.717) is 17.4 Å². The highest BCUT2D eigenvalue weighted by Crippen LogP contribution is 2.23. The fourth-order valence-electron chi connectivity index (χ4n) is 1.67. The largest absolute Gasteiger partial charge is 0.497 e. The van der Waals surface area contributed by atoms with Crippen molar-refractivity contribution < 1.29 is 9.15 Å². The van der Waals surface area contributed by atoms with E-state index in [9.17, 15) is 0 Å². The average Bonchev–Trinajstić information content (AvgIpc) is 2.81. The number of aryl methyl sites for hydroxylation is 1. The number of thiocarbonyl (C=S) groups is 1. The predicted octanol–water partition coefficient (Wildman–Crippen LogP) is 2.24. The van der Waals surface area contributed by atoms with Gasteiger partial charge in [-0.25, -0.2) is 4.98 Å². The predicted molar refractivity (Wildman–Crippen MR) is 77.4 cm³/mol. The molecule has 0 aliphatic rings. The van der Waals surface area contributed by atoms with Crippen LogP contribution in [-0.2, 0) is 6.54 Å². The third kappa shape index (κ3) is 3.23. The summed E-state index contributed by atoms with van der Waals surface area (Å²) in [4.78, 5) is 4.45. The molecule has 2 aromatic rings. The summed E-state index contributed by atoms with van der Waals surface area (Å²) in [5.74, 6) is 2.11. The van der Waals surface area contributed by atoms with E-state index in [4.69, 9.17) is 27.1 Å². The molecule has 0 radical (unpaired) electrons. The molecule has 19 heavy (non-hydrogen) atoms. The number of oxazole rings is 1. The number of benzene rings is 1. The number of rotatable bonds is 5. The van der Waals surface area contributed by atoms with Crippen LogP contribution in [0.15, 0.2) is 28.8 Å². The van der Waals surface area contributed by atoms with Crippen LogP contribution in [-0.4, -0.2) is 17.1 Å². The first-order valence-corrected chi connectivity index (χ1v) is 6.14. The molecule has 0 unspecified atom stereocenters. The number of ether oxygens (including phenoxy) is 1. The van der Waals surface area contributed by atoms with Crippen LogP contribution in [0.25, 0.3) is 0 Å². The Hall–Kier alpha value is -2.08. The molecule has 0 bridgehead atoms. The molecular formula is C13H15N3O2S. The van der Waals surface area contributed by atoms with Crippen molar-refractivity contribution in [2.75, 3.05) is 12.4 Å². The monoisotopic (exact) mass is 277 g/mol. The van der Waals surface area contributed by atoms with Gasteiger partial charge in [0.25, 0.3) is 0 Å². The number of methoxy groups -OCH3 is 1. The Balaban J connectivity index is 2.19. The lowest BCUT2D eigenvalue weighted by Gasteiger charge is -2.11. The van der Waals surface area contributed by atoms with Gasteiger partial charge >= 0.3 is 0 Å². The van der Waals surface area contributed by atoms with Crippen LogP contribution in [0, 0.1) is 6.92 Å². The van der Waals surface area contributed by atoms with E-state index in [1.54, 1.807) is 13.3 Å². The molecule has 1 aromatic heterocycles. The van der Waals surface area contributed by atoms with Gasteiger partial charge in [-0.2, -0.15) is 0 Å². The Morgan fingerprint density at radius 2 is 2.32 bits per heavy atom.